The summed E-state index contributed by atoms with van der Waals surface area (Å²) in [6.07, 6.45) is 1.18. The Morgan fingerprint density at radius 3 is 2.57 bits per heavy atom. The molecule has 0 aliphatic rings. The van der Waals surface area contributed by atoms with Gasteiger partial charge in [0.1, 0.15) is 5.75 Å². The lowest BCUT2D eigenvalue weighted by Gasteiger charge is -2.11. The molecular formula is C18H20N2O3. The van der Waals surface area contributed by atoms with E-state index in [4.69, 9.17) is 4.74 Å². The van der Waals surface area contributed by atoms with Crippen LogP contribution in [0.25, 0.3) is 0 Å². The molecule has 2 aromatic carbocycles. The van der Waals surface area contributed by atoms with Crippen LogP contribution in [0.2, 0.25) is 0 Å². The van der Waals surface area contributed by atoms with E-state index in [-0.39, 0.29) is 11.8 Å². The van der Waals surface area contributed by atoms with E-state index in [1.807, 2.05) is 6.92 Å². The zero-order chi connectivity index (χ0) is 16.7. The van der Waals surface area contributed by atoms with E-state index >= 15 is 0 Å². The maximum absolute atomic E-state index is 12.5. The van der Waals surface area contributed by atoms with Crippen LogP contribution in [-0.4, -0.2) is 18.9 Å². The molecule has 2 aromatic rings. The van der Waals surface area contributed by atoms with Crippen molar-refractivity contribution < 1.29 is 14.3 Å². The molecule has 0 fully saturated rings. The average molecular weight is 312 g/mol. The Morgan fingerprint density at radius 2 is 1.83 bits per heavy atom. The third-order valence-electron chi connectivity index (χ3n) is 3.25. The van der Waals surface area contributed by atoms with E-state index in [0.717, 1.165) is 6.42 Å². The number of para-hydroxylation sites is 1. The minimum atomic E-state index is -0.286. The molecule has 0 aliphatic heterocycles. The lowest BCUT2D eigenvalue weighted by atomic mass is 10.1. The van der Waals surface area contributed by atoms with Gasteiger partial charge in [0.05, 0.1) is 18.4 Å². The van der Waals surface area contributed by atoms with Gasteiger partial charge in [0, 0.05) is 18.2 Å². The number of methoxy groups -OCH3 is 1. The molecule has 2 N–H and O–H groups in total. The Hall–Kier alpha value is -2.82. The largest absolute Gasteiger partial charge is 0.497 e. The number of hydrogen-bond donors (Lipinski definition) is 2. The number of benzene rings is 2. The summed E-state index contributed by atoms with van der Waals surface area (Å²) in [5.74, 6) is 0.270. The second-order valence-electron chi connectivity index (χ2n) is 5.03. The van der Waals surface area contributed by atoms with Crippen LogP contribution in [0.15, 0.2) is 48.5 Å². The van der Waals surface area contributed by atoms with Gasteiger partial charge in [-0.2, -0.15) is 0 Å². The quantitative estimate of drug-likeness (QED) is 0.855. The Morgan fingerprint density at radius 1 is 1.04 bits per heavy atom. The van der Waals surface area contributed by atoms with Crippen molar-refractivity contribution in [3.8, 4) is 5.75 Å². The molecule has 5 heteroatoms. The molecule has 120 valence electrons. The van der Waals surface area contributed by atoms with E-state index < -0.39 is 0 Å². The molecule has 0 unspecified atom stereocenters. The maximum atomic E-state index is 12.5. The molecule has 0 radical (unpaired) electrons. The first-order valence-corrected chi connectivity index (χ1v) is 7.48. The van der Waals surface area contributed by atoms with E-state index in [0.29, 0.717) is 29.1 Å². The topological polar surface area (TPSA) is 67.4 Å². The molecule has 23 heavy (non-hydrogen) atoms. The first-order valence-electron chi connectivity index (χ1n) is 7.48. The van der Waals surface area contributed by atoms with Crippen LogP contribution in [0.1, 0.15) is 30.1 Å². The third-order valence-corrected chi connectivity index (χ3v) is 3.25. The fourth-order valence-corrected chi connectivity index (χ4v) is 2.13. The highest BCUT2D eigenvalue weighted by atomic mass is 16.5. The van der Waals surface area contributed by atoms with Gasteiger partial charge in [0.2, 0.25) is 5.91 Å². The van der Waals surface area contributed by atoms with Gasteiger partial charge >= 0.3 is 0 Å². The van der Waals surface area contributed by atoms with Crippen LogP contribution in [0.4, 0.5) is 11.4 Å². The van der Waals surface area contributed by atoms with Gasteiger partial charge in [0.15, 0.2) is 0 Å². The Balaban J connectivity index is 2.17. The molecule has 2 rings (SSSR count). The monoisotopic (exact) mass is 312 g/mol. The molecule has 0 spiro atoms. The summed E-state index contributed by atoms with van der Waals surface area (Å²) in [6.45, 7) is 1.93. The lowest BCUT2D eigenvalue weighted by Crippen LogP contribution is -2.17. The van der Waals surface area contributed by atoms with E-state index in [2.05, 4.69) is 10.6 Å². The number of hydrogen-bond acceptors (Lipinski definition) is 3. The first kappa shape index (κ1) is 16.5. The smallest absolute Gasteiger partial charge is 0.257 e. The van der Waals surface area contributed by atoms with Crippen molar-refractivity contribution in [2.75, 3.05) is 17.7 Å². The SMILES string of the molecule is CCCC(=O)Nc1ccccc1C(=O)Nc1cccc(OC)c1. The second-order valence-corrected chi connectivity index (χ2v) is 5.03. The zero-order valence-electron chi connectivity index (χ0n) is 13.3. The molecule has 0 bridgehead atoms. The number of anilines is 2. The van der Waals surface area contributed by atoms with Gasteiger partial charge in [0.25, 0.3) is 5.91 Å². The molecule has 5 nitrogen and oxygen atoms in total. The molecule has 0 atom stereocenters. The van der Waals surface area contributed by atoms with E-state index in [1.54, 1.807) is 55.6 Å². The molecule has 0 aliphatic carbocycles. The highest BCUT2D eigenvalue weighted by Crippen LogP contribution is 2.20. The van der Waals surface area contributed by atoms with Gasteiger partial charge in [-0.25, -0.2) is 0 Å². The first-order chi connectivity index (χ1) is 11.1. The van der Waals surface area contributed by atoms with Crippen molar-refractivity contribution in [3.05, 3.63) is 54.1 Å². The summed E-state index contributed by atoms with van der Waals surface area (Å²) < 4.78 is 5.14. The van der Waals surface area contributed by atoms with Crippen molar-refractivity contribution in [2.45, 2.75) is 19.8 Å². The van der Waals surface area contributed by atoms with Gasteiger partial charge in [-0.3, -0.25) is 9.59 Å². The molecule has 0 heterocycles. The summed E-state index contributed by atoms with van der Waals surface area (Å²) in [7, 11) is 1.57. The minimum Gasteiger partial charge on any atom is -0.497 e. The molecule has 2 amide bonds. The molecule has 0 saturated heterocycles. The number of ether oxygens (including phenoxy) is 1. The number of nitrogens with one attached hydrogen (secondary N) is 2. The molecule has 0 saturated carbocycles. The van der Waals surface area contributed by atoms with Crippen molar-refractivity contribution >= 4 is 23.2 Å². The predicted molar refractivity (Wildman–Crippen MR) is 90.9 cm³/mol. The van der Waals surface area contributed by atoms with Crippen LogP contribution < -0.4 is 15.4 Å². The highest BCUT2D eigenvalue weighted by molar-refractivity contribution is 6.10. The van der Waals surface area contributed by atoms with Gasteiger partial charge in [-0.05, 0) is 30.7 Å². The van der Waals surface area contributed by atoms with Crippen LogP contribution in [0, 0.1) is 0 Å². The minimum absolute atomic E-state index is 0.103. The summed E-state index contributed by atoms with van der Waals surface area (Å²) in [6, 6.07) is 14.0. The van der Waals surface area contributed by atoms with Gasteiger partial charge < -0.3 is 15.4 Å². The van der Waals surface area contributed by atoms with Gasteiger partial charge in [-0.15, -0.1) is 0 Å². The predicted octanol–water partition coefficient (Wildman–Crippen LogP) is 3.69. The molecule has 0 aromatic heterocycles. The normalized spacial score (nSPS) is 10.0. The highest BCUT2D eigenvalue weighted by Gasteiger charge is 2.13. The van der Waals surface area contributed by atoms with Crippen LogP contribution in [0.5, 0.6) is 5.75 Å². The van der Waals surface area contributed by atoms with E-state index in [1.165, 1.54) is 0 Å². The molecular weight excluding hydrogens is 292 g/mol. The number of amides is 2. The fourth-order valence-electron chi connectivity index (χ4n) is 2.13. The summed E-state index contributed by atoms with van der Waals surface area (Å²) in [5, 5.41) is 5.58. The standard InChI is InChI=1S/C18H20N2O3/c1-3-7-17(21)20-16-11-5-4-10-15(16)18(22)19-13-8-6-9-14(12-13)23-2/h4-6,8-12H,3,7H2,1-2H3,(H,19,22)(H,20,21). The number of carbonyl (C=O) groups excluding carboxylic acids is 2. The Labute approximate surface area is 135 Å². The zero-order valence-corrected chi connectivity index (χ0v) is 13.3. The summed E-state index contributed by atoms with van der Waals surface area (Å²) >= 11 is 0. The van der Waals surface area contributed by atoms with Crippen LogP contribution in [-0.2, 0) is 4.79 Å². The Kier molecular flexibility index (Phi) is 5.74. The maximum Gasteiger partial charge on any atom is 0.257 e. The Bertz CT molecular complexity index is 698. The third kappa shape index (κ3) is 4.57. The summed E-state index contributed by atoms with van der Waals surface area (Å²) in [4.78, 5) is 24.2. The van der Waals surface area contributed by atoms with Crippen molar-refractivity contribution in [1.82, 2.24) is 0 Å². The second kappa shape index (κ2) is 7.98. The number of carbonyl (C=O) groups is 2. The van der Waals surface area contributed by atoms with Crippen LogP contribution in [0.3, 0.4) is 0 Å². The fraction of sp³-hybridized carbons (Fsp3) is 0.222. The average Bonchev–Trinajstić information content (AvgIpc) is 2.55. The van der Waals surface area contributed by atoms with Crippen LogP contribution >= 0.6 is 0 Å². The summed E-state index contributed by atoms with van der Waals surface area (Å²) in [5.41, 5.74) is 1.55. The number of rotatable bonds is 6. The van der Waals surface area contributed by atoms with Crippen molar-refractivity contribution in [2.24, 2.45) is 0 Å². The van der Waals surface area contributed by atoms with Crippen molar-refractivity contribution in [3.63, 3.8) is 0 Å². The van der Waals surface area contributed by atoms with Gasteiger partial charge in [-0.1, -0.05) is 25.1 Å². The van der Waals surface area contributed by atoms with Crippen molar-refractivity contribution in [1.29, 1.82) is 0 Å². The van der Waals surface area contributed by atoms with E-state index in [9.17, 15) is 9.59 Å². The lowest BCUT2D eigenvalue weighted by molar-refractivity contribution is -0.116.